The SMILES string of the molecule is CCC/C(=C\c1cc(I)c(O)c(OC)c1)CC[C@H]1OB(O)C[C@H]2C1=C(CO)CS2(=O)=O. The van der Waals surface area contributed by atoms with Crippen molar-refractivity contribution in [2.45, 2.75) is 50.3 Å². The van der Waals surface area contributed by atoms with Crippen molar-refractivity contribution in [1.82, 2.24) is 0 Å². The number of aliphatic hydroxyl groups is 1. The Balaban J connectivity index is 1.84. The second-order valence-corrected chi connectivity index (χ2v) is 11.3. The van der Waals surface area contributed by atoms with Crippen molar-refractivity contribution in [3.63, 3.8) is 0 Å². The maximum atomic E-state index is 12.5. The molecule has 7 nitrogen and oxygen atoms in total. The fourth-order valence-electron chi connectivity index (χ4n) is 4.39. The summed E-state index contributed by atoms with van der Waals surface area (Å²) in [4.78, 5) is 0. The quantitative estimate of drug-likeness (QED) is 0.254. The Morgan fingerprint density at radius 1 is 1.39 bits per heavy atom. The first-order chi connectivity index (χ1) is 14.7. The summed E-state index contributed by atoms with van der Waals surface area (Å²) < 4.78 is 36.6. The van der Waals surface area contributed by atoms with Crippen LogP contribution in [0.2, 0.25) is 6.32 Å². The van der Waals surface area contributed by atoms with E-state index in [0.29, 0.717) is 33.3 Å². The van der Waals surface area contributed by atoms with Crippen molar-refractivity contribution in [3.05, 3.63) is 38.0 Å². The minimum Gasteiger partial charge on any atom is -0.504 e. The highest BCUT2D eigenvalue weighted by Crippen LogP contribution is 2.40. The molecule has 3 N–H and O–H groups in total. The first-order valence-corrected chi connectivity index (χ1v) is 13.1. The highest BCUT2D eigenvalue weighted by molar-refractivity contribution is 14.1. The lowest BCUT2D eigenvalue weighted by Gasteiger charge is -2.32. The molecule has 2 aliphatic rings. The molecule has 0 aromatic heterocycles. The zero-order chi connectivity index (χ0) is 22.8. The molecule has 31 heavy (non-hydrogen) atoms. The molecule has 0 unspecified atom stereocenters. The third kappa shape index (κ3) is 5.47. The number of phenolic OH excluding ortho intramolecular Hbond substituents is 1. The molecule has 0 bridgehead atoms. The maximum absolute atomic E-state index is 12.5. The molecule has 3 rings (SSSR count). The molecule has 1 saturated heterocycles. The molecule has 2 heterocycles. The van der Waals surface area contributed by atoms with E-state index in [1.807, 2.05) is 6.07 Å². The standard InChI is InChI=1S/C21H28BIO7S/c1-3-4-13(7-14-8-16(23)21(25)18(9-14)29-2)5-6-17-20-15(11-24)12-31(27,28)19(20)10-22(26)30-17/h7-9,17,19,24-26H,3-6,10-12H2,1-2H3/b13-7+/t17-,19+/m1/s1. The third-order valence-corrected chi connectivity index (χ3v) is 8.67. The molecular formula is C21H28BIO7S. The average Bonchev–Trinajstić information content (AvgIpc) is 2.98. The Morgan fingerprint density at radius 2 is 2.13 bits per heavy atom. The van der Waals surface area contributed by atoms with E-state index in [2.05, 4.69) is 35.6 Å². The van der Waals surface area contributed by atoms with E-state index in [1.54, 1.807) is 6.07 Å². The second-order valence-electron chi connectivity index (χ2n) is 7.97. The van der Waals surface area contributed by atoms with Crippen LogP contribution in [0.4, 0.5) is 0 Å². The highest BCUT2D eigenvalue weighted by Gasteiger charge is 2.48. The normalized spacial score (nSPS) is 23.3. The van der Waals surface area contributed by atoms with Gasteiger partial charge in [0.25, 0.3) is 0 Å². The molecule has 10 heteroatoms. The molecule has 1 fully saturated rings. The van der Waals surface area contributed by atoms with Gasteiger partial charge in [-0.05, 0) is 70.7 Å². The van der Waals surface area contributed by atoms with Crippen molar-refractivity contribution in [2.75, 3.05) is 19.5 Å². The van der Waals surface area contributed by atoms with E-state index in [9.17, 15) is 23.7 Å². The van der Waals surface area contributed by atoms with Gasteiger partial charge < -0.3 is 24.6 Å². The molecule has 1 aromatic carbocycles. The van der Waals surface area contributed by atoms with Gasteiger partial charge in [0.1, 0.15) is 0 Å². The number of phenols is 1. The molecule has 2 aliphatic heterocycles. The summed E-state index contributed by atoms with van der Waals surface area (Å²) in [5.74, 6) is 0.350. The topological polar surface area (TPSA) is 113 Å². The van der Waals surface area contributed by atoms with Crippen LogP contribution < -0.4 is 4.74 Å². The van der Waals surface area contributed by atoms with Crippen LogP contribution in [-0.4, -0.2) is 61.6 Å². The van der Waals surface area contributed by atoms with E-state index in [4.69, 9.17) is 9.39 Å². The van der Waals surface area contributed by atoms with E-state index in [0.717, 1.165) is 24.0 Å². The number of methoxy groups -OCH3 is 1. The fourth-order valence-corrected chi connectivity index (χ4v) is 7.13. The fraction of sp³-hybridized carbons (Fsp3) is 0.524. The van der Waals surface area contributed by atoms with Gasteiger partial charge in [0.15, 0.2) is 21.3 Å². The first-order valence-electron chi connectivity index (χ1n) is 10.3. The van der Waals surface area contributed by atoms with Crippen LogP contribution in [0.15, 0.2) is 28.9 Å². The number of aromatic hydroxyl groups is 1. The van der Waals surface area contributed by atoms with E-state index < -0.39 is 28.3 Å². The van der Waals surface area contributed by atoms with Gasteiger partial charge in [-0.2, -0.15) is 0 Å². The summed E-state index contributed by atoms with van der Waals surface area (Å²) >= 11 is 2.06. The van der Waals surface area contributed by atoms with Gasteiger partial charge in [-0.15, -0.1) is 0 Å². The van der Waals surface area contributed by atoms with Crippen LogP contribution in [0, 0.1) is 3.57 Å². The molecule has 0 amide bonds. The Kier molecular flexibility index (Phi) is 8.12. The average molecular weight is 562 g/mol. The largest absolute Gasteiger partial charge is 0.504 e. The van der Waals surface area contributed by atoms with Gasteiger partial charge in [-0.1, -0.05) is 25.0 Å². The minimum atomic E-state index is -3.42. The molecular weight excluding hydrogens is 534 g/mol. The van der Waals surface area contributed by atoms with Crippen molar-refractivity contribution < 1.29 is 33.0 Å². The van der Waals surface area contributed by atoms with Crippen LogP contribution in [0.1, 0.15) is 38.2 Å². The summed E-state index contributed by atoms with van der Waals surface area (Å²) in [6, 6.07) is 3.65. The van der Waals surface area contributed by atoms with E-state index in [1.165, 1.54) is 7.11 Å². The zero-order valence-corrected chi connectivity index (χ0v) is 20.6. The Bertz CT molecular complexity index is 990. The molecule has 0 saturated carbocycles. The van der Waals surface area contributed by atoms with Crippen molar-refractivity contribution in [1.29, 1.82) is 0 Å². The number of fused-ring (bicyclic) bond motifs is 1. The number of hydrogen-bond donors (Lipinski definition) is 3. The lowest BCUT2D eigenvalue weighted by Crippen LogP contribution is -2.42. The number of benzene rings is 1. The molecule has 1 aromatic rings. The van der Waals surface area contributed by atoms with E-state index >= 15 is 0 Å². The lowest BCUT2D eigenvalue weighted by atomic mass is 9.74. The van der Waals surface area contributed by atoms with Crippen LogP contribution in [-0.2, 0) is 14.5 Å². The van der Waals surface area contributed by atoms with Gasteiger partial charge >= 0.3 is 7.12 Å². The zero-order valence-electron chi connectivity index (χ0n) is 17.7. The van der Waals surface area contributed by atoms with Crippen molar-refractivity contribution in [3.8, 4) is 11.5 Å². The number of rotatable bonds is 8. The Morgan fingerprint density at radius 3 is 2.77 bits per heavy atom. The minimum absolute atomic E-state index is 0.0149. The Hall–Kier alpha value is -1.08. The van der Waals surface area contributed by atoms with Gasteiger partial charge in [0.05, 0.1) is 34.4 Å². The van der Waals surface area contributed by atoms with Gasteiger partial charge in [0.2, 0.25) is 0 Å². The highest BCUT2D eigenvalue weighted by atomic mass is 127. The lowest BCUT2D eigenvalue weighted by molar-refractivity contribution is 0.168. The molecule has 2 atom stereocenters. The summed E-state index contributed by atoms with van der Waals surface area (Å²) in [7, 11) is -3.04. The monoisotopic (exact) mass is 562 g/mol. The van der Waals surface area contributed by atoms with Crippen LogP contribution in [0.3, 0.4) is 0 Å². The molecule has 0 aliphatic carbocycles. The number of aliphatic hydroxyl groups excluding tert-OH is 1. The van der Waals surface area contributed by atoms with Gasteiger partial charge in [-0.25, -0.2) is 8.42 Å². The Labute approximate surface area is 197 Å². The first kappa shape index (κ1) is 24.6. The van der Waals surface area contributed by atoms with Gasteiger partial charge in [0, 0.05) is 6.32 Å². The summed E-state index contributed by atoms with van der Waals surface area (Å²) in [5, 5.41) is 29.1. The van der Waals surface area contributed by atoms with E-state index in [-0.39, 0.29) is 24.4 Å². The molecule has 170 valence electrons. The number of hydrogen-bond acceptors (Lipinski definition) is 7. The van der Waals surface area contributed by atoms with Crippen molar-refractivity contribution >= 4 is 45.6 Å². The summed E-state index contributed by atoms with van der Waals surface area (Å²) in [6.07, 6.45) is 4.48. The third-order valence-electron chi connectivity index (χ3n) is 5.78. The number of halogens is 1. The van der Waals surface area contributed by atoms with Crippen LogP contribution in [0.5, 0.6) is 11.5 Å². The van der Waals surface area contributed by atoms with Crippen molar-refractivity contribution in [2.24, 2.45) is 0 Å². The van der Waals surface area contributed by atoms with Crippen LogP contribution >= 0.6 is 22.6 Å². The number of allylic oxidation sites excluding steroid dienone is 1. The number of sulfone groups is 1. The predicted octanol–water partition coefficient (Wildman–Crippen LogP) is 2.93. The van der Waals surface area contributed by atoms with Crippen LogP contribution in [0.25, 0.3) is 6.08 Å². The number of ether oxygens (including phenoxy) is 1. The maximum Gasteiger partial charge on any atom is 0.456 e. The smallest absolute Gasteiger partial charge is 0.456 e. The van der Waals surface area contributed by atoms with Gasteiger partial charge in [-0.3, -0.25) is 0 Å². The predicted molar refractivity (Wildman–Crippen MR) is 129 cm³/mol. The molecule has 0 radical (unpaired) electrons. The summed E-state index contributed by atoms with van der Waals surface area (Å²) in [6.45, 7) is 1.77. The summed E-state index contributed by atoms with van der Waals surface area (Å²) in [5.41, 5.74) is 3.19. The second kappa shape index (κ2) is 10.2. The molecule has 0 spiro atoms.